The van der Waals surface area contributed by atoms with Gasteiger partial charge in [0.25, 0.3) is 0 Å². The fourth-order valence-electron chi connectivity index (χ4n) is 3.05. The first kappa shape index (κ1) is 19.6. The molecule has 0 aromatic heterocycles. The third kappa shape index (κ3) is 4.48. The number of hydrogen-bond donors (Lipinski definition) is 3. The standard InChI is InChI=1S/C21H26O5/c1-3-5-7-15(14-10-11-18(24)19(25)12-14)20(4-2)26-21-9-6-8-17(23)16(21)13-22/h4,9-13,15,22,24-25H,3,5-8H2,1-2H3/b16-13?,20-4-. The molecule has 1 atom stereocenters. The summed E-state index contributed by atoms with van der Waals surface area (Å²) in [5.41, 5.74) is 0.998. The van der Waals surface area contributed by atoms with Gasteiger partial charge in [-0.15, -0.1) is 0 Å². The summed E-state index contributed by atoms with van der Waals surface area (Å²) in [6, 6.07) is 4.75. The third-order valence-electron chi connectivity index (χ3n) is 4.50. The molecule has 0 aliphatic heterocycles. The maximum atomic E-state index is 12.0. The first-order chi connectivity index (χ1) is 12.5. The summed E-state index contributed by atoms with van der Waals surface area (Å²) in [5.74, 6) is 0.377. The van der Waals surface area contributed by atoms with Crippen LogP contribution in [0.2, 0.25) is 0 Å². The smallest absolute Gasteiger partial charge is 0.170 e. The number of ketones is 1. The number of carbonyl (C=O) groups excluding carboxylic acids is 1. The zero-order valence-electron chi connectivity index (χ0n) is 15.2. The average molecular weight is 358 g/mol. The summed E-state index contributed by atoms with van der Waals surface area (Å²) in [4.78, 5) is 12.0. The Balaban J connectivity index is 2.33. The normalized spacial score (nSPS) is 17.9. The van der Waals surface area contributed by atoms with Crippen LogP contribution in [0.3, 0.4) is 0 Å². The van der Waals surface area contributed by atoms with E-state index in [2.05, 4.69) is 6.92 Å². The highest BCUT2D eigenvalue weighted by atomic mass is 16.5. The van der Waals surface area contributed by atoms with Crippen LogP contribution in [-0.4, -0.2) is 21.1 Å². The SMILES string of the molecule is C/C=C(\OC1=CCCC(=O)C1=CO)C(CCCC)c1ccc(O)c(O)c1. The number of aliphatic hydroxyl groups excluding tert-OH is 1. The first-order valence-electron chi connectivity index (χ1n) is 8.95. The van der Waals surface area contributed by atoms with Gasteiger partial charge >= 0.3 is 0 Å². The van der Waals surface area contributed by atoms with Crippen LogP contribution < -0.4 is 0 Å². The molecule has 1 aromatic rings. The Morgan fingerprint density at radius 1 is 1.31 bits per heavy atom. The fourth-order valence-corrected chi connectivity index (χ4v) is 3.05. The van der Waals surface area contributed by atoms with E-state index in [-0.39, 0.29) is 28.8 Å². The molecule has 0 saturated carbocycles. The van der Waals surface area contributed by atoms with Gasteiger partial charge in [-0.2, -0.15) is 0 Å². The number of aromatic hydroxyl groups is 2. The predicted molar refractivity (Wildman–Crippen MR) is 99.9 cm³/mol. The summed E-state index contributed by atoms with van der Waals surface area (Å²) in [7, 11) is 0. The molecule has 1 aromatic carbocycles. The van der Waals surface area contributed by atoms with E-state index in [1.165, 1.54) is 12.1 Å². The zero-order valence-corrected chi connectivity index (χ0v) is 15.2. The van der Waals surface area contributed by atoms with Crippen molar-refractivity contribution in [2.45, 2.75) is 51.9 Å². The van der Waals surface area contributed by atoms with Crippen molar-refractivity contribution in [3.8, 4) is 11.5 Å². The van der Waals surface area contributed by atoms with Crippen LogP contribution in [0.4, 0.5) is 0 Å². The summed E-state index contributed by atoms with van der Waals surface area (Å²) in [5, 5.41) is 28.8. The van der Waals surface area contributed by atoms with Crippen LogP contribution in [0.1, 0.15) is 57.4 Å². The molecule has 3 N–H and O–H groups in total. The zero-order chi connectivity index (χ0) is 19.1. The molecule has 0 bridgehead atoms. The monoisotopic (exact) mass is 358 g/mol. The van der Waals surface area contributed by atoms with E-state index in [0.717, 1.165) is 31.1 Å². The quantitative estimate of drug-likeness (QED) is 0.363. The number of unbranched alkanes of at least 4 members (excludes halogenated alkanes) is 1. The van der Waals surface area contributed by atoms with Gasteiger partial charge in [-0.1, -0.05) is 25.8 Å². The number of phenols is 2. The fraction of sp³-hybridized carbons (Fsp3) is 0.381. The van der Waals surface area contributed by atoms with Gasteiger partial charge in [0.1, 0.15) is 11.5 Å². The van der Waals surface area contributed by atoms with E-state index < -0.39 is 0 Å². The number of carbonyl (C=O) groups is 1. The minimum absolute atomic E-state index is 0.135. The molecule has 0 saturated heterocycles. The molecule has 5 nitrogen and oxygen atoms in total. The Bertz CT molecular complexity index is 743. The van der Waals surface area contributed by atoms with E-state index >= 15 is 0 Å². The van der Waals surface area contributed by atoms with Gasteiger partial charge in [0.15, 0.2) is 17.3 Å². The van der Waals surface area contributed by atoms with E-state index in [4.69, 9.17) is 4.74 Å². The van der Waals surface area contributed by atoms with Gasteiger partial charge in [-0.25, -0.2) is 0 Å². The second-order valence-electron chi connectivity index (χ2n) is 6.31. The second-order valence-corrected chi connectivity index (χ2v) is 6.31. The second kappa shape index (κ2) is 9.13. The summed E-state index contributed by atoms with van der Waals surface area (Å²) < 4.78 is 6.03. The minimum atomic E-state index is -0.178. The summed E-state index contributed by atoms with van der Waals surface area (Å²) in [6.07, 6.45) is 8.11. The number of hydrogen-bond acceptors (Lipinski definition) is 5. The lowest BCUT2D eigenvalue weighted by Crippen LogP contribution is -2.14. The Morgan fingerprint density at radius 2 is 2.08 bits per heavy atom. The van der Waals surface area contributed by atoms with Crippen molar-refractivity contribution in [1.29, 1.82) is 0 Å². The molecule has 140 valence electrons. The predicted octanol–water partition coefficient (Wildman–Crippen LogP) is 4.98. The number of ether oxygens (including phenoxy) is 1. The molecule has 26 heavy (non-hydrogen) atoms. The van der Waals surface area contributed by atoms with E-state index in [9.17, 15) is 20.1 Å². The highest BCUT2D eigenvalue weighted by Crippen LogP contribution is 2.37. The minimum Gasteiger partial charge on any atom is -0.515 e. The number of aliphatic hydroxyl groups is 1. The Hall–Kier alpha value is -2.69. The van der Waals surface area contributed by atoms with Crippen LogP contribution in [0, 0.1) is 0 Å². The van der Waals surface area contributed by atoms with Gasteiger partial charge in [0.05, 0.1) is 11.8 Å². The number of benzene rings is 1. The van der Waals surface area contributed by atoms with Crippen molar-refractivity contribution in [1.82, 2.24) is 0 Å². The van der Waals surface area contributed by atoms with Crippen molar-refractivity contribution < 1.29 is 24.9 Å². The van der Waals surface area contributed by atoms with Gasteiger partial charge < -0.3 is 20.1 Å². The molecule has 2 rings (SSSR count). The summed E-state index contributed by atoms with van der Waals surface area (Å²) >= 11 is 0. The number of phenolic OH excluding ortho intramolecular Hbond substituents is 2. The lowest BCUT2D eigenvalue weighted by Gasteiger charge is -2.24. The topological polar surface area (TPSA) is 87.0 Å². The Labute approximate surface area is 153 Å². The first-order valence-corrected chi connectivity index (χ1v) is 8.95. The number of Topliss-reactive ketones (excluding diaryl/α,β-unsaturated/α-hetero) is 1. The maximum Gasteiger partial charge on any atom is 0.170 e. The third-order valence-corrected chi connectivity index (χ3v) is 4.50. The van der Waals surface area contributed by atoms with Crippen LogP contribution >= 0.6 is 0 Å². The van der Waals surface area contributed by atoms with E-state index in [0.29, 0.717) is 24.4 Å². The van der Waals surface area contributed by atoms with E-state index in [1.54, 1.807) is 12.1 Å². The van der Waals surface area contributed by atoms with Crippen LogP contribution in [0.5, 0.6) is 11.5 Å². The molecule has 1 unspecified atom stereocenters. The lowest BCUT2D eigenvalue weighted by atomic mass is 9.90. The highest BCUT2D eigenvalue weighted by Gasteiger charge is 2.25. The lowest BCUT2D eigenvalue weighted by molar-refractivity contribution is -0.115. The molecule has 0 fully saturated rings. The Morgan fingerprint density at radius 3 is 2.69 bits per heavy atom. The van der Waals surface area contributed by atoms with Crippen LogP contribution in [0.15, 0.2) is 53.7 Å². The van der Waals surface area contributed by atoms with E-state index in [1.807, 2.05) is 13.0 Å². The number of rotatable bonds is 7. The van der Waals surface area contributed by atoms with Crippen molar-refractivity contribution in [3.05, 3.63) is 59.3 Å². The van der Waals surface area contributed by atoms with Crippen LogP contribution in [-0.2, 0) is 9.53 Å². The summed E-state index contributed by atoms with van der Waals surface area (Å²) in [6.45, 7) is 3.94. The van der Waals surface area contributed by atoms with Gasteiger partial charge in [-0.3, -0.25) is 4.79 Å². The molecule has 1 aliphatic rings. The molecule has 1 aliphatic carbocycles. The molecule has 5 heteroatoms. The van der Waals surface area contributed by atoms with Crippen molar-refractivity contribution >= 4 is 5.78 Å². The maximum absolute atomic E-state index is 12.0. The molecule has 0 heterocycles. The van der Waals surface area contributed by atoms with Crippen molar-refractivity contribution in [2.75, 3.05) is 0 Å². The molecular formula is C21H26O5. The highest BCUT2D eigenvalue weighted by molar-refractivity contribution is 5.99. The molecule has 0 radical (unpaired) electrons. The number of allylic oxidation sites excluding steroid dienone is 4. The van der Waals surface area contributed by atoms with Crippen LogP contribution in [0.25, 0.3) is 0 Å². The molecular weight excluding hydrogens is 332 g/mol. The molecule has 0 spiro atoms. The average Bonchev–Trinajstić information content (AvgIpc) is 2.63. The van der Waals surface area contributed by atoms with Crippen molar-refractivity contribution in [3.63, 3.8) is 0 Å². The largest absolute Gasteiger partial charge is 0.515 e. The Kier molecular flexibility index (Phi) is 6.89. The van der Waals surface area contributed by atoms with Gasteiger partial charge in [0, 0.05) is 12.3 Å². The van der Waals surface area contributed by atoms with Gasteiger partial charge in [0.2, 0.25) is 0 Å². The van der Waals surface area contributed by atoms with Gasteiger partial charge in [-0.05, 0) is 49.6 Å². The molecule has 0 amide bonds. The van der Waals surface area contributed by atoms with Crippen molar-refractivity contribution in [2.24, 2.45) is 0 Å².